The summed E-state index contributed by atoms with van der Waals surface area (Å²) >= 11 is 0. The van der Waals surface area contributed by atoms with Crippen LogP contribution in [0.1, 0.15) is 38.1 Å². The maximum atomic E-state index is 5.15. The van der Waals surface area contributed by atoms with Crippen molar-refractivity contribution in [1.29, 1.82) is 0 Å². The van der Waals surface area contributed by atoms with Crippen molar-refractivity contribution < 1.29 is 0 Å². The minimum Gasteiger partial charge on any atom is -0.377 e. The molecule has 11 heteroatoms. The number of hydrogen-bond donors (Lipinski definition) is 0. The van der Waals surface area contributed by atoms with Crippen LogP contribution >= 0.6 is 0 Å². The van der Waals surface area contributed by atoms with Crippen LogP contribution < -0.4 is 19.6 Å². The number of rotatable bonds is 13. The van der Waals surface area contributed by atoms with Gasteiger partial charge in [0.1, 0.15) is 6.33 Å². The summed E-state index contributed by atoms with van der Waals surface area (Å²) in [5.74, 6) is 1.28. The molecule has 3 aromatic heterocycles. The molecule has 1 saturated heterocycles. The molecule has 6 rings (SSSR count). The van der Waals surface area contributed by atoms with Crippen LogP contribution in [0.2, 0.25) is 0 Å². The van der Waals surface area contributed by atoms with E-state index in [1.807, 2.05) is 13.8 Å². The summed E-state index contributed by atoms with van der Waals surface area (Å²) < 4.78 is 0. The Morgan fingerprint density at radius 3 is 1.68 bits per heavy atom. The third-order valence-corrected chi connectivity index (χ3v) is 9.49. The van der Waals surface area contributed by atoms with Gasteiger partial charge in [0.25, 0.3) is 0 Å². The SMILES string of the molecule is CCCN(CCC)CCN1CCN(c2ncnc(N(c3ccc4nc(C)cc(N(C)C)c4c3)c3ccc4nc(C)cc(N(C)C)c4c3)n2)CC1. The molecule has 11 nitrogen and oxygen atoms in total. The molecule has 1 fully saturated rings. The van der Waals surface area contributed by atoms with Crippen molar-refractivity contribution in [2.75, 3.05) is 100 Å². The van der Waals surface area contributed by atoms with Crippen molar-refractivity contribution in [3.8, 4) is 0 Å². The maximum absolute atomic E-state index is 5.15. The topological polar surface area (TPSA) is 83.9 Å². The van der Waals surface area contributed by atoms with Gasteiger partial charge in [-0.1, -0.05) is 13.8 Å². The lowest BCUT2D eigenvalue weighted by Gasteiger charge is -2.36. The third kappa shape index (κ3) is 7.74. The Hall–Kier alpha value is -4.61. The molecule has 0 unspecified atom stereocenters. The zero-order valence-corrected chi connectivity index (χ0v) is 31.2. The molecule has 0 N–H and O–H groups in total. The fraction of sp³-hybridized carbons (Fsp3) is 0.462. The van der Waals surface area contributed by atoms with E-state index < -0.39 is 0 Å². The van der Waals surface area contributed by atoms with Gasteiger partial charge in [-0.25, -0.2) is 9.97 Å². The first-order valence-electron chi connectivity index (χ1n) is 18.0. The highest BCUT2D eigenvalue weighted by atomic mass is 15.4. The number of aryl methyl sites for hydroxylation is 2. The summed E-state index contributed by atoms with van der Waals surface area (Å²) in [6.07, 6.45) is 4.05. The number of anilines is 6. The number of piperazine rings is 1. The molecule has 264 valence electrons. The van der Waals surface area contributed by atoms with E-state index >= 15 is 0 Å². The van der Waals surface area contributed by atoms with Gasteiger partial charge >= 0.3 is 0 Å². The molecule has 2 aromatic carbocycles. The van der Waals surface area contributed by atoms with Gasteiger partial charge in [0.05, 0.1) is 11.0 Å². The molecule has 0 amide bonds. The average molecular weight is 676 g/mol. The Bertz CT molecular complexity index is 1810. The fourth-order valence-corrected chi connectivity index (χ4v) is 7.01. The second kappa shape index (κ2) is 15.5. The molecule has 0 bridgehead atoms. The number of benzene rings is 2. The number of fused-ring (bicyclic) bond motifs is 2. The van der Waals surface area contributed by atoms with Gasteiger partial charge in [-0.2, -0.15) is 4.98 Å². The van der Waals surface area contributed by atoms with Gasteiger partial charge in [-0.3, -0.25) is 19.8 Å². The number of aromatic nitrogens is 5. The van der Waals surface area contributed by atoms with Crippen LogP contribution in [0.5, 0.6) is 0 Å². The van der Waals surface area contributed by atoms with Crippen molar-refractivity contribution in [2.24, 2.45) is 0 Å². The summed E-state index contributed by atoms with van der Waals surface area (Å²) in [5, 5.41) is 2.13. The highest BCUT2D eigenvalue weighted by Crippen LogP contribution is 2.39. The zero-order valence-electron chi connectivity index (χ0n) is 31.2. The van der Waals surface area contributed by atoms with E-state index in [2.05, 4.69) is 120 Å². The van der Waals surface area contributed by atoms with Gasteiger partial charge in [0.15, 0.2) is 0 Å². The normalized spacial score (nSPS) is 13.8. The summed E-state index contributed by atoms with van der Waals surface area (Å²) in [5.41, 5.74) is 8.00. The molecule has 0 atom stereocenters. The second-order valence-corrected chi connectivity index (χ2v) is 13.8. The van der Waals surface area contributed by atoms with Crippen molar-refractivity contribution in [3.63, 3.8) is 0 Å². The van der Waals surface area contributed by atoms with E-state index in [0.29, 0.717) is 11.9 Å². The second-order valence-electron chi connectivity index (χ2n) is 13.8. The van der Waals surface area contributed by atoms with E-state index in [4.69, 9.17) is 24.9 Å². The molecule has 4 heterocycles. The van der Waals surface area contributed by atoms with Crippen molar-refractivity contribution in [1.82, 2.24) is 34.7 Å². The van der Waals surface area contributed by atoms with Crippen LogP contribution in [0, 0.1) is 13.8 Å². The molecule has 5 aromatic rings. The average Bonchev–Trinajstić information content (AvgIpc) is 3.10. The van der Waals surface area contributed by atoms with Crippen LogP contribution in [0.4, 0.5) is 34.6 Å². The largest absolute Gasteiger partial charge is 0.377 e. The highest BCUT2D eigenvalue weighted by molar-refractivity contribution is 5.98. The first-order chi connectivity index (χ1) is 24.1. The summed E-state index contributed by atoms with van der Waals surface area (Å²) in [7, 11) is 8.29. The molecular formula is C39H53N11. The molecule has 0 aliphatic carbocycles. The van der Waals surface area contributed by atoms with E-state index in [9.17, 15) is 0 Å². The van der Waals surface area contributed by atoms with Gasteiger partial charge < -0.3 is 19.6 Å². The molecule has 0 saturated carbocycles. The Morgan fingerprint density at radius 2 is 1.18 bits per heavy atom. The molecular weight excluding hydrogens is 623 g/mol. The van der Waals surface area contributed by atoms with Gasteiger partial charge in [-0.05, 0) is 88.3 Å². The predicted octanol–water partition coefficient (Wildman–Crippen LogP) is 6.43. The first-order valence-corrected chi connectivity index (χ1v) is 18.0. The standard InChI is InChI=1S/C39H53N11/c1-9-15-47(16-10-2)17-18-48-19-21-49(22-20-48)38-40-27-41-39(44-38)50(30-11-13-34-32(25-30)36(45(5)6)23-28(3)42-34)31-12-14-35-33(26-31)37(46(7)8)24-29(4)43-35/h11-14,23-27H,9-10,15-22H2,1-8H3. The zero-order chi connectivity index (χ0) is 35.4. The molecule has 1 aliphatic heterocycles. The lowest BCUT2D eigenvalue weighted by Crippen LogP contribution is -2.49. The predicted molar refractivity (Wildman–Crippen MR) is 209 cm³/mol. The highest BCUT2D eigenvalue weighted by Gasteiger charge is 2.23. The minimum absolute atomic E-state index is 0.573. The van der Waals surface area contributed by atoms with Crippen LogP contribution in [-0.4, -0.2) is 115 Å². The number of nitrogens with zero attached hydrogens (tertiary/aromatic N) is 11. The smallest absolute Gasteiger partial charge is 0.239 e. The fourth-order valence-electron chi connectivity index (χ4n) is 7.01. The lowest BCUT2D eigenvalue weighted by molar-refractivity contribution is 0.196. The Labute approximate surface area is 297 Å². The van der Waals surface area contributed by atoms with Crippen molar-refractivity contribution in [2.45, 2.75) is 40.5 Å². The van der Waals surface area contributed by atoms with Crippen LogP contribution in [-0.2, 0) is 0 Å². The van der Waals surface area contributed by atoms with Crippen LogP contribution in [0.3, 0.4) is 0 Å². The quantitative estimate of drug-likeness (QED) is 0.138. The van der Waals surface area contributed by atoms with Gasteiger partial charge in [-0.15, -0.1) is 0 Å². The monoisotopic (exact) mass is 675 g/mol. The van der Waals surface area contributed by atoms with Gasteiger partial charge in [0.2, 0.25) is 11.9 Å². The van der Waals surface area contributed by atoms with Crippen LogP contribution in [0.25, 0.3) is 21.8 Å². The summed E-state index contributed by atoms with van der Waals surface area (Å²) in [6, 6.07) is 17.1. The van der Waals surface area contributed by atoms with E-state index in [1.165, 1.54) is 25.9 Å². The van der Waals surface area contributed by atoms with Crippen molar-refractivity contribution in [3.05, 3.63) is 66.2 Å². The summed E-state index contributed by atoms with van der Waals surface area (Å²) in [6.45, 7) is 16.9. The Balaban J connectivity index is 1.37. The summed E-state index contributed by atoms with van der Waals surface area (Å²) in [4.78, 5) is 38.2. The molecule has 0 spiro atoms. The molecule has 0 radical (unpaired) electrons. The third-order valence-electron chi connectivity index (χ3n) is 9.49. The Kier molecular flexibility index (Phi) is 10.9. The van der Waals surface area contributed by atoms with Gasteiger partial charge in [0, 0.05) is 112 Å². The number of hydrogen-bond acceptors (Lipinski definition) is 11. The van der Waals surface area contributed by atoms with Crippen LogP contribution in [0.15, 0.2) is 54.9 Å². The lowest BCUT2D eigenvalue weighted by atomic mass is 10.1. The van der Waals surface area contributed by atoms with Crippen molar-refractivity contribution >= 4 is 56.5 Å². The minimum atomic E-state index is 0.573. The van der Waals surface area contributed by atoms with E-state index in [1.54, 1.807) is 6.33 Å². The molecule has 1 aliphatic rings. The Morgan fingerprint density at radius 1 is 0.640 bits per heavy atom. The number of pyridine rings is 2. The van der Waals surface area contributed by atoms with E-state index in [0.717, 1.165) is 95.2 Å². The van der Waals surface area contributed by atoms with E-state index in [-0.39, 0.29) is 0 Å². The first kappa shape index (κ1) is 35.2. The maximum Gasteiger partial charge on any atom is 0.239 e. The molecule has 50 heavy (non-hydrogen) atoms.